The standard InChI is InChI=1S/C36H42ClN5O5/c1-39(2)16-4-17-40-19-21-41(22-20-40)33(43)24-46-28-8-5-25(6-9-28)35-34-30(31-23-26(37)7-14-32(31)38-34)15-18-42(35)36(44)47-29-12-10-27(45-3)11-13-29/h5-14,23,35,38H,4,15-22,24H2,1-3H3. The van der Waals surface area contributed by atoms with Crippen LogP contribution in [-0.2, 0) is 11.2 Å². The summed E-state index contributed by atoms with van der Waals surface area (Å²) in [5.74, 6) is 1.70. The van der Waals surface area contributed by atoms with Crippen molar-refractivity contribution in [2.24, 2.45) is 0 Å². The van der Waals surface area contributed by atoms with E-state index in [1.807, 2.05) is 47.4 Å². The average molecular weight is 660 g/mol. The maximum atomic E-state index is 13.6. The van der Waals surface area contributed by atoms with Gasteiger partial charge in [-0.1, -0.05) is 23.7 Å². The quantitative estimate of drug-likeness (QED) is 0.242. The molecule has 4 aromatic rings. The van der Waals surface area contributed by atoms with E-state index in [4.69, 9.17) is 25.8 Å². The normalized spacial score (nSPS) is 16.7. The van der Waals surface area contributed by atoms with Gasteiger partial charge in [-0.25, -0.2) is 4.79 Å². The van der Waals surface area contributed by atoms with Crippen LogP contribution in [-0.4, -0.2) is 110 Å². The monoisotopic (exact) mass is 659 g/mol. The highest BCUT2D eigenvalue weighted by atomic mass is 35.5. The van der Waals surface area contributed by atoms with Crippen LogP contribution in [0.5, 0.6) is 17.2 Å². The van der Waals surface area contributed by atoms with Crippen molar-refractivity contribution in [2.75, 3.05) is 73.6 Å². The zero-order chi connectivity index (χ0) is 32.9. The highest BCUT2D eigenvalue weighted by Crippen LogP contribution is 2.40. The van der Waals surface area contributed by atoms with Crippen molar-refractivity contribution in [3.63, 3.8) is 0 Å². The van der Waals surface area contributed by atoms with Crippen molar-refractivity contribution < 1.29 is 23.8 Å². The molecule has 0 spiro atoms. The molecule has 1 fully saturated rings. The third-order valence-corrected chi connectivity index (χ3v) is 9.19. The number of nitrogens with zero attached hydrogens (tertiary/aromatic N) is 4. The Morgan fingerprint density at radius 3 is 2.32 bits per heavy atom. The summed E-state index contributed by atoms with van der Waals surface area (Å²) in [6, 6.07) is 19.9. The Kier molecular flexibility index (Phi) is 10.2. The van der Waals surface area contributed by atoms with Gasteiger partial charge in [-0.2, -0.15) is 0 Å². The van der Waals surface area contributed by atoms with Crippen LogP contribution in [0.1, 0.15) is 29.3 Å². The molecule has 2 aliphatic heterocycles. The van der Waals surface area contributed by atoms with Crippen molar-refractivity contribution in [1.82, 2.24) is 24.6 Å². The number of piperazine rings is 1. The van der Waals surface area contributed by atoms with E-state index in [2.05, 4.69) is 28.9 Å². The molecule has 0 bridgehead atoms. The molecule has 3 aromatic carbocycles. The molecule has 1 N–H and O–H groups in total. The minimum absolute atomic E-state index is 0.0110. The third-order valence-electron chi connectivity index (χ3n) is 8.95. The lowest BCUT2D eigenvalue weighted by Crippen LogP contribution is -2.50. The van der Waals surface area contributed by atoms with Gasteiger partial charge in [0.2, 0.25) is 0 Å². The minimum Gasteiger partial charge on any atom is -0.497 e. The molecular weight excluding hydrogens is 618 g/mol. The number of methoxy groups -OCH3 is 1. The SMILES string of the molecule is COc1ccc(OC(=O)N2CCc3c([nH]c4ccc(Cl)cc34)C2c2ccc(OCC(=O)N3CCN(CCCN(C)C)CC3)cc2)cc1. The molecule has 1 saturated heterocycles. The average Bonchev–Trinajstić information content (AvgIpc) is 3.45. The fourth-order valence-corrected chi connectivity index (χ4v) is 6.59. The molecule has 2 aliphatic rings. The Morgan fingerprint density at radius 1 is 0.915 bits per heavy atom. The Bertz CT molecular complexity index is 1680. The van der Waals surface area contributed by atoms with Gasteiger partial charge in [0, 0.05) is 54.3 Å². The number of carbonyl (C=O) groups is 2. The Hall–Kier alpha value is -4.25. The van der Waals surface area contributed by atoms with Gasteiger partial charge in [-0.15, -0.1) is 0 Å². The first-order valence-electron chi connectivity index (χ1n) is 16.1. The number of aromatic nitrogens is 1. The van der Waals surface area contributed by atoms with Crippen LogP contribution in [0.2, 0.25) is 5.02 Å². The molecular formula is C36H42ClN5O5. The van der Waals surface area contributed by atoms with Crippen molar-refractivity contribution in [2.45, 2.75) is 18.9 Å². The van der Waals surface area contributed by atoms with Crippen molar-refractivity contribution >= 4 is 34.5 Å². The molecule has 0 saturated carbocycles. The first-order chi connectivity index (χ1) is 22.8. The van der Waals surface area contributed by atoms with Crippen LogP contribution in [0.4, 0.5) is 4.79 Å². The Labute approximate surface area is 280 Å². The number of rotatable bonds is 10. The molecule has 2 amide bonds. The predicted molar refractivity (Wildman–Crippen MR) is 183 cm³/mol. The second-order valence-electron chi connectivity index (χ2n) is 12.3. The number of hydrogen-bond acceptors (Lipinski definition) is 7. The van der Waals surface area contributed by atoms with E-state index in [9.17, 15) is 9.59 Å². The maximum absolute atomic E-state index is 13.6. The van der Waals surface area contributed by atoms with Gasteiger partial charge < -0.3 is 29.0 Å². The van der Waals surface area contributed by atoms with Gasteiger partial charge in [0.05, 0.1) is 7.11 Å². The fraction of sp³-hybridized carbons (Fsp3) is 0.389. The first-order valence-corrected chi connectivity index (χ1v) is 16.5. The molecule has 1 unspecified atom stereocenters. The third kappa shape index (κ3) is 7.67. The smallest absolute Gasteiger partial charge is 0.416 e. The zero-order valence-corrected chi connectivity index (χ0v) is 28.0. The molecule has 11 heteroatoms. The van der Waals surface area contributed by atoms with Crippen LogP contribution in [0.25, 0.3) is 10.9 Å². The molecule has 0 aliphatic carbocycles. The van der Waals surface area contributed by atoms with Crippen molar-refractivity contribution in [3.05, 3.63) is 88.6 Å². The minimum atomic E-state index is -0.453. The van der Waals surface area contributed by atoms with Crippen LogP contribution >= 0.6 is 11.6 Å². The molecule has 10 nitrogen and oxygen atoms in total. The van der Waals surface area contributed by atoms with Gasteiger partial charge in [0.25, 0.3) is 5.91 Å². The molecule has 6 rings (SSSR count). The van der Waals surface area contributed by atoms with E-state index in [0.717, 1.165) is 60.3 Å². The number of amides is 2. The lowest BCUT2D eigenvalue weighted by atomic mass is 9.92. The van der Waals surface area contributed by atoms with Crippen LogP contribution < -0.4 is 14.2 Å². The predicted octanol–water partition coefficient (Wildman–Crippen LogP) is 5.45. The summed E-state index contributed by atoms with van der Waals surface area (Å²) in [5, 5.41) is 1.71. The number of halogens is 1. The molecule has 3 heterocycles. The van der Waals surface area contributed by atoms with Crippen molar-refractivity contribution in [3.8, 4) is 17.2 Å². The van der Waals surface area contributed by atoms with E-state index in [-0.39, 0.29) is 12.5 Å². The van der Waals surface area contributed by atoms with Gasteiger partial charge in [0.15, 0.2) is 6.61 Å². The van der Waals surface area contributed by atoms with Gasteiger partial charge in [-0.05, 0) is 106 Å². The summed E-state index contributed by atoms with van der Waals surface area (Å²) in [5.41, 5.74) is 3.90. The largest absolute Gasteiger partial charge is 0.497 e. The van der Waals surface area contributed by atoms with Gasteiger partial charge in [0.1, 0.15) is 23.3 Å². The van der Waals surface area contributed by atoms with E-state index in [1.54, 1.807) is 36.3 Å². The maximum Gasteiger partial charge on any atom is 0.416 e. The molecule has 248 valence electrons. The Morgan fingerprint density at radius 2 is 1.62 bits per heavy atom. The highest BCUT2D eigenvalue weighted by Gasteiger charge is 2.36. The lowest BCUT2D eigenvalue weighted by molar-refractivity contribution is -0.135. The number of ether oxygens (including phenoxy) is 3. The van der Waals surface area contributed by atoms with E-state index in [0.29, 0.717) is 48.3 Å². The summed E-state index contributed by atoms with van der Waals surface area (Å²) in [6.07, 6.45) is 1.32. The Balaban J connectivity index is 1.14. The summed E-state index contributed by atoms with van der Waals surface area (Å²) in [4.78, 5) is 38.4. The van der Waals surface area contributed by atoms with E-state index < -0.39 is 12.1 Å². The number of H-pyrrole nitrogens is 1. The van der Waals surface area contributed by atoms with E-state index in [1.165, 1.54) is 0 Å². The van der Waals surface area contributed by atoms with Crippen LogP contribution in [0.3, 0.4) is 0 Å². The molecule has 1 atom stereocenters. The summed E-state index contributed by atoms with van der Waals surface area (Å²) in [6.45, 7) is 5.75. The lowest BCUT2D eigenvalue weighted by Gasteiger charge is -2.35. The number of benzene rings is 3. The van der Waals surface area contributed by atoms with Crippen LogP contribution in [0.15, 0.2) is 66.7 Å². The first kappa shape index (κ1) is 32.7. The second-order valence-corrected chi connectivity index (χ2v) is 12.8. The molecule has 47 heavy (non-hydrogen) atoms. The highest BCUT2D eigenvalue weighted by molar-refractivity contribution is 6.31. The van der Waals surface area contributed by atoms with E-state index >= 15 is 0 Å². The summed E-state index contributed by atoms with van der Waals surface area (Å²) < 4.78 is 17.0. The molecule has 1 aromatic heterocycles. The molecule has 0 radical (unpaired) electrons. The van der Waals surface area contributed by atoms with Crippen molar-refractivity contribution in [1.29, 1.82) is 0 Å². The topological polar surface area (TPSA) is 90.6 Å². The number of hydrogen-bond donors (Lipinski definition) is 1. The summed E-state index contributed by atoms with van der Waals surface area (Å²) >= 11 is 6.36. The van der Waals surface area contributed by atoms with Gasteiger partial charge in [-0.3, -0.25) is 14.6 Å². The number of aromatic amines is 1. The number of fused-ring (bicyclic) bond motifs is 3. The summed E-state index contributed by atoms with van der Waals surface area (Å²) in [7, 11) is 5.77. The number of carbonyl (C=O) groups excluding carboxylic acids is 2. The fourth-order valence-electron chi connectivity index (χ4n) is 6.42. The van der Waals surface area contributed by atoms with Crippen LogP contribution in [0, 0.1) is 0 Å². The second kappa shape index (κ2) is 14.7. The zero-order valence-electron chi connectivity index (χ0n) is 27.2. The number of nitrogens with one attached hydrogen (secondary N) is 1. The van der Waals surface area contributed by atoms with Gasteiger partial charge >= 0.3 is 6.09 Å².